The van der Waals surface area contributed by atoms with Crippen molar-refractivity contribution in [2.24, 2.45) is 5.92 Å². The molecule has 2 aliphatic heterocycles. The van der Waals surface area contributed by atoms with Crippen LogP contribution in [0.25, 0.3) is 0 Å². The third-order valence-electron chi connectivity index (χ3n) is 5.72. The standard InChI is InChI=1S/C22H26BrN3O/c23-20-5-7-21(8-6-20)24-22(27)26-13-9-17(10-14-26)15-25-12-11-18-3-1-2-4-19(18)16-25/h1-8,17H,9-16H2,(H,24,27). The zero-order valence-corrected chi connectivity index (χ0v) is 17.1. The Morgan fingerprint density at radius 2 is 1.70 bits per heavy atom. The maximum Gasteiger partial charge on any atom is 0.321 e. The lowest BCUT2D eigenvalue weighted by atomic mass is 9.94. The molecule has 4 rings (SSSR count). The van der Waals surface area contributed by atoms with E-state index in [1.165, 1.54) is 11.1 Å². The first-order valence-corrected chi connectivity index (χ1v) is 10.6. The average molecular weight is 428 g/mol. The molecule has 0 atom stereocenters. The second kappa shape index (κ2) is 8.44. The summed E-state index contributed by atoms with van der Waals surface area (Å²) in [5.41, 5.74) is 3.83. The molecule has 2 aliphatic rings. The Bertz CT molecular complexity index is 784. The quantitative estimate of drug-likeness (QED) is 0.766. The summed E-state index contributed by atoms with van der Waals surface area (Å²) < 4.78 is 1.02. The molecule has 2 aromatic rings. The number of piperidine rings is 1. The predicted octanol–water partition coefficient (Wildman–Crippen LogP) is 4.75. The first kappa shape index (κ1) is 18.5. The Hall–Kier alpha value is -1.85. The van der Waals surface area contributed by atoms with E-state index in [0.717, 1.165) is 62.1 Å². The van der Waals surface area contributed by atoms with Crippen LogP contribution in [0, 0.1) is 5.92 Å². The summed E-state index contributed by atoms with van der Waals surface area (Å²) in [7, 11) is 0. The normalized spacial score (nSPS) is 18.2. The summed E-state index contributed by atoms with van der Waals surface area (Å²) >= 11 is 3.42. The highest BCUT2D eigenvalue weighted by Gasteiger charge is 2.25. The van der Waals surface area contributed by atoms with Crippen molar-refractivity contribution in [1.29, 1.82) is 0 Å². The maximum atomic E-state index is 12.5. The van der Waals surface area contributed by atoms with Crippen LogP contribution in [0.1, 0.15) is 24.0 Å². The number of nitrogens with zero attached hydrogens (tertiary/aromatic N) is 2. The topological polar surface area (TPSA) is 35.6 Å². The summed E-state index contributed by atoms with van der Waals surface area (Å²) in [5.74, 6) is 0.687. The van der Waals surface area contributed by atoms with Crippen LogP contribution in [-0.2, 0) is 13.0 Å². The number of urea groups is 1. The first-order valence-electron chi connectivity index (χ1n) is 9.78. The number of likely N-dealkylation sites (tertiary alicyclic amines) is 1. The van der Waals surface area contributed by atoms with Gasteiger partial charge in [-0.05, 0) is 60.6 Å². The van der Waals surface area contributed by atoms with Crippen molar-refractivity contribution in [3.63, 3.8) is 0 Å². The van der Waals surface area contributed by atoms with Crippen molar-refractivity contribution in [3.8, 4) is 0 Å². The molecule has 0 spiro atoms. The third kappa shape index (κ3) is 4.71. The number of hydrogen-bond donors (Lipinski definition) is 1. The number of carbonyl (C=O) groups excluding carboxylic acids is 1. The van der Waals surface area contributed by atoms with E-state index in [4.69, 9.17) is 0 Å². The van der Waals surface area contributed by atoms with E-state index in [2.05, 4.69) is 50.4 Å². The van der Waals surface area contributed by atoms with Gasteiger partial charge in [-0.1, -0.05) is 40.2 Å². The number of anilines is 1. The summed E-state index contributed by atoms with van der Waals surface area (Å²) in [5, 5.41) is 3.00. The van der Waals surface area contributed by atoms with Gasteiger partial charge in [0, 0.05) is 42.9 Å². The Morgan fingerprint density at radius 1 is 1.00 bits per heavy atom. The molecule has 1 saturated heterocycles. The van der Waals surface area contributed by atoms with Crippen LogP contribution in [0.15, 0.2) is 53.0 Å². The first-order chi connectivity index (χ1) is 13.2. The zero-order valence-electron chi connectivity index (χ0n) is 15.5. The monoisotopic (exact) mass is 427 g/mol. The van der Waals surface area contributed by atoms with Gasteiger partial charge in [0.25, 0.3) is 0 Å². The van der Waals surface area contributed by atoms with E-state index >= 15 is 0 Å². The highest BCUT2D eigenvalue weighted by Crippen LogP contribution is 2.24. The van der Waals surface area contributed by atoms with E-state index in [-0.39, 0.29) is 6.03 Å². The van der Waals surface area contributed by atoms with Gasteiger partial charge in [0.2, 0.25) is 0 Å². The van der Waals surface area contributed by atoms with Gasteiger partial charge in [-0.15, -0.1) is 0 Å². The number of fused-ring (bicyclic) bond motifs is 1. The molecule has 4 nitrogen and oxygen atoms in total. The summed E-state index contributed by atoms with van der Waals surface area (Å²) in [6.07, 6.45) is 3.34. The van der Waals surface area contributed by atoms with E-state index in [1.54, 1.807) is 0 Å². The Morgan fingerprint density at radius 3 is 2.44 bits per heavy atom. The molecular weight excluding hydrogens is 402 g/mol. The predicted molar refractivity (Wildman–Crippen MR) is 113 cm³/mol. The second-order valence-electron chi connectivity index (χ2n) is 7.62. The van der Waals surface area contributed by atoms with E-state index < -0.39 is 0 Å². The van der Waals surface area contributed by atoms with E-state index in [0.29, 0.717) is 5.92 Å². The van der Waals surface area contributed by atoms with Gasteiger partial charge in [0.05, 0.1) is 0 Å². The minimum atomic E-state index is 0.0164. The minimum absolute atomic E-state index is 0.0164. The van der Waals surface area contributed by atoms with Gasteiger partial charge in [0.15, 0.2) is 0 Å². The van der Waals surface area contributed by atoms with Crippen LogP contribution in [-0.4, -0.2) is 42.0 Å². The van der Waals surface area contributed by atoms with Gasteiger partial charge in [-0.3, -0.25) is 4.90 Å². The molecule has 0 aromatic heterocycles. The largest absolute Gasteiger partial charge is 0.325 e. The lowest BCUT2D eigenvalue weighted by Crippen LogP contribution is -2.44. The molecule has 142 valence electrons. The number of benzene rings is 2. The number of nitrogens with one attached hydrogen (secondary N) is 1. The molecule has 1 N–H and O–H groups in total. The van der Waals surface area contributed by atoms with Crippen LogP contribution >= 0.6 is 15.9 Å². The van der Waals surface area contributed by atoms with Crippen molar-refractivity contribution < 1.29 is 4.79 Å². The van der Waals surface area contributed by atoms with Crippen LogP contribution in [0.2, 0.25) is 0 Å². The Labute approximate surface area is 169 Å². The Balaban J connectivity index is 1.24. The van der Waals surface area contributed by atoms with Crippen molar-refractivity contribution in [2.45, 2.75) is 25.8 Å². The molecule has 27 heavy (non-hydrogen) atoms. The molecule has 2 heterocycles. The lowest BCUT2D eigenvalue weighted by Gasteiger charge is -2.36. The van der Waals surface area contributed by atoms with Gasteiger partial charge in [-0.25, -0.2) is 4.79 Å². The van der Waals surface area contributed by atoms with Gasteiger partial charge < -0.3 is 10.2 Å². The number of rotatable bonds is 3. The van der Waals surface area contributed by atoms with E-state index in [9.17, 15) is 4.79 Å². The SMILES string of the molecule is O=C(Nc1ccc(Br)cc1)N1CCC(CN2CCc3ccccc3C2)CC1. The molecular formula is C22H26BrN3O. The average Bonchev–Trinajstić information content (AvgIpc) is 2.70. The molecule has 0 radical (unpaired) electrons. The molecule has 2 amide bonds. The summed E-state index contributed by atoms with van der Waals surface area (Å²) in [6, 6.07) is 16.5. The van der Waals surface area contributed by atoms with Crippen LogP contribution in [0.3, 0.4) is 0 Å². The molecule has 1 fully saturated rings. The zero-order chi connectivity index (χ0) is 18.6. The highest BCUT2D eigenvalue weighted by atomic mass is 79.9. The molecule has 0 unspecified atom stereocenters. The second-order valence-corrected chi connectivity index (χ2v) is 8.54. The van der Waals surface area contributed by atoms with Crippen molar-refractivity contribution in [3.05, 3.63) is 64.1 Å². The van der Waals surface area contributed by atoms with Crippen LogP contribution in [0.5, 0.6) is 0 Å². The minimum Gasteiger partial charge on any atom is -0.325 e. The van der Waals surface area contributed by atoms with Crippen molar-refractivity contribution >= 4 is 27.6 Å². The Kier molecular flexibility index (Phi) is 5.79. The van der Waals surface area contributed by atoms with Crippen LogP contribution in [0.4, 0.5) is 10.5 Å². The number of hydrogen-bond acceptors (Lipinski definition) is 2. The summed E-state index contributed by atoms with van der Waals surface area (Å²) in [6.45, 7) is 5.06. The van der Waals surface area contributed by atoms with E-state index in [1.807, 2.05) is 29.2 Å². The fourth-order valence-corrected chi connectivity index (χ4v) is 4.39. The van der Waals surface area contributed by atoms with Crippen molar-refractivity contribution in [2.75, 3.05) is 31.5 Å². The summed E-state index contributed by atoms with van der Waals surface area (Å²) in [4.78, 5) is 17.0. The molecule has 0 aliphatic carbocycles. The number of amides is 2. The maximum absolute atomic E-state index is 12.5. The number of halogens is 1. The molecule has 2 aromatic carbocycles. The number of carbonyl (C=O) groups is 1. The third-order valence-corrected chi connectivity index (χ3v) is 6.25. The fourth-order valence-electron chi connectivity index (χ4n) is 4.13. The van der Waals surface area contributed by atoms with Crippen LogP contribution < -0.4 is 5.32 Å². The van der Waals surface area contributed by atoms with Crippen molar-refractivity contribution in [1.82, 2.24) is 9.80 Å². The molecule has 5 heteroatoms. The lowest BCUT2D eigenvalue weighted by molar-refractivity contribution is 0.147. The fraction of sp³-hybridized carbons (Fsp3) is 0.409. The molecule has 0 saturated carbocycles. The van der Waals surface area contributed by atoms with Gasteiger partial charge in [0.1, 0.15) is 0 Å². The highest BCUT2D eigenvalue weighted by molar-refractivity contribution is 9.10. The molecule has 0 bridgehead atoms. The van der Waals surface area contributed by atoms with Gasteiger partial charge in [-0.2, -0.15) is 0 Å². The smallest absolute Gasteiger partial charge is 0.321 e. The van der Waals surface area contributed by atoms with Gasteiger partial charge >= 0.3 is 6.03 Å².